The monoisotopic (exact) mass is 580 g/mol. The number of hydrogen-bond donors (Lipinski definition) is 0. The van der Waals surface area contributed by atoms with Crippen molar-refractivity contribution < 1.29 is 4.79 Å². The highest BCUT2D eigenvalue weighted by atomic mass is 16.2. The highest BCUT2D eigenvalue weighted by Gasteiger charge is 2.27. The number of fused-ring (bicyclic) bond motifs is 3. The molecule has 0 bridgehead atoms. The number of aromatic nitrogens is 4. The number of carbonyl (C=O) groups excluding carboxylic acids is 1. The molecule has 0 saturated carbocycles. The van der Waals surface area contributed by atoms with Crippen molar-refractivity contribution in [2.24, 2.45) is 5.92 Å². The summed E-state index contributed by atoms with van der Waals surface area (Å²) in [6.45, 7) is 5.36. The molecule has 1 aliphatic heterocycles. The Morgan fingerprint density at radius 3 is 2.30 bits per heavy atom. The van der Waals surface area contributed by atoms with Crippen molar-refractivity contribution in [3.63, 3.8) is 0 Å². The van der Waals surface area contributed by atoms with Crippen molar-refractivity contribution in [3.8, 4) is 22.4 Å². The number of nitrogens with zero attached hydrogens (tertiary/aromatic N) is 6. The maximum absolute atomic E-state index is 13.1. The molecule has 1 saturated heterocycles. The van der Waals surface area contributed by atoms with Gasteiger partial charge in [0.1, 0.15) is 0 Å². The Bertz CT molecular complexity index is 1910. The van der Waals surface area contributed by atoms with Crippen molar-refractivity contribution in [3.05, 3.63) is 120 Å². The van der Waals surface area contributed by atoms with Gasteiger partial charge >= 0.3 is 0 Å². The zero-order valence-corrected chi connectivity index (χ0v) is 25.2. The van der Waals surface area contributed by atoms with E-state index < -0.39 is 0 Å². The number of likely N-dealkylation sites (tertiary alicyclic amines) is 1. The molecule has 4 heterocycles. The summed E-state index contributed by atoms with van der Waals surface area (Å²) in [7, 11) is 1.92. The van der Waals surface area contributed by atoms with Crippen LogP contribution in [0.1, 0.15) is 29.7 Å². The molecule has 0 atom stereocenters. The van der Waals surface area contributed by atoms with E-state index in [9.17, 15) is 4.79 Å². The molecular formula is C37H36N6O. The maximum Gasteiger partial charge on any atom is 0.225 e. The van der Waals surface area contributed by atoms with Crippen molar-refractivity contribution in [1.82, 2.24) is 29.4 Å². The Morgan fingerprint density at radius 2 is 1.57 bits per heavy atom. The van der Waals surface area contributed by atoms with Gasteiger partial charge in [-0.15, -0.1) is 0 Å². The average molecular weight is 581 g/mol. The maximum atomic E-state index is 13.1. The van der Waals surface area contributed by atoms with Gasteiger partial charge in [0.15, 0.2) is 11.3 Å². The highest BCUT2D eigenvalue weighted by Crippen LogP contribution is 2.34. The van der Waals surface area contributed by atoms with E-state index in [2.05, 4.69) is 81.7 Å². The number of carbonyl (C=O) groups is 1. The number of rotatable bonds is 7. The predicted molar refractivity (Wildman–Crippen MR) is 175 cm³/mol. The van der Waals surface area contributed by atoms with Crippen LogP contribution in [0.5, 0.6) is 0 Å². The molecule has 7 heteroatoms. The van der Waals surface area contributed by atoms with Gasteiger partial charge in [0.05, 0.1) is 11.4 Å². The molecule has 0 aliphatic carbocycles. The number of benzene rings is 3. The molecule has 0 spiro atoms. The molecule has 1 amide bonds. The molecule has 220 valence electrons. The van der Waals surface area contributed by atoms with E-state index >= 15 is 0 Å². The number of amides is 1. The Labute approximate surface area is 257 Å². The molecular weight excluding hydrogens is 544 g/mol. The van der Waals surface area contributed by atoms with E-state index in [1.165, 1.54) is 11.1 Å². The lowest BCUT2D eigenvalue weighted by molar-refractivity contribution is -0.136. The topological polar surface area (TPSA) is 66.6 Å². The van der Waals surface area contributed by atoms with Gasteiger partial charge < -0.3 is 4.90 Å². The summed E-state index contributed by atoms with van der Waals surface area (Å²) in [4.78, 5) is 27.3. The summed E-state index contributed by atoms with van der Waals surface area (Å²) in [5.74, 6) is 0.353. The van der Waals surface area contributed by atoms with Crippen LogP contribution in [-0.4, -0.2) is 55.4 Å². The fourth-order valence-corrected chi connectivity index (χ4v) is 6.32. The van der Waals surface area contributed by atoms with E-state index in [1.807, 2.05) is 59.9 Å². The zero-order valence-electron chi connectivity index (χ0n) is 25.2. The van der Waals surface area contributed by atoms with E-state index in [4.69, 9.17) is 4.98 Å². The van der Waals surface area contributed by atoms with Crippen LogP contribution in [0.15, 0.2) is 103 Å². The van der Waals surface area contributed by atoms with Crippen LogP contribution in [0, 0.1) is 12.8 Å². The minimum Gasteiger partial charge on any atom is -0.341 e. The minimum absolute atomic E-state index is 0.0953. The Hall–Kier alpha value is -4.88. The number of pyridine rings is 1. The van der Waals surface area contributed by atoms with Gasteiger partial charge in [0.25, 0.3) is 0 Å². The van der Waals surface area contributed by atoms with Crippen LogP contribution in [0.25, 0.3) is 39.1 Å². The zero-order chi connectivity index (χ0) is 30.0. The molecule has 44 heavy (non-hydrogen) atoms. The molecule has 7 rings (SSSR count). The smallest absolute Gasteiger partial charge is 0.225 e. The van der Waals surface area contributed by atoms with Gasteiger partial charge in [-0.3, -0.25) is 9.69 Å². The first-order chi connectivity index (χ1) is 21.5. The third-order valence-electron chi connectivity index (χ3n) is 8.67. The van der Waals surface area contributed by atoms with Gasteiger partial charge in [-0.2, -0.15) is 9.61 Å². The number of piperidine rings is 1. The van der Waals surface area contributed by atoms with E-state index in [0.717, 1.165) is 77.2 Å². The van der Waals surface area contributed by atoms with Crippen LogP contribution >= 0.6 is 0 Å². The third kappa shape index (κ3) is 5.71. The van der Waals surface area contributed by atoms with Crippen LogP contribution < -0.4 is 0 Å². The van der Waals surface area contributed by atoms with Crippen LogP contribution in [0.4, 0.5) is 0 Å². The summed E-state index contributed by atoms with van der Waals surface area (Å²) in [6, 6.07) is 33.5. The van der Waals surface area contributed by atoms with Gasteiger partial charge in [0.2, 0.25) is 5.91 Å². The second-order valence-corrected chi connectivity index (χ2v) is 11.9. The van der Waals surface area contributed by atoms with Gasteiger partial charge in [0, 0.05) is 54.8 Å². The normalized spacial score (nSPS) is 14.3. The average Bonchev–Trinajstić information content (AvgIpc) is 3.46. The first-order valence-electron chi connectivity index (χ1n) is 15.3. The molecule has 0 radical (unpaired) electrons. The van der Waals surface area contributed by atoms with Crippen LogP contribution in [-0.2, 0) is 17.9 Å². The molecule has 0 N–H and O–H groups in total. The Kier molecular flexibility index (Phi) is 7.62. The summed E-state index contributed by atoms with van der Waals surface area (Å²) < 4.78 is 1.84. The van der Waals surface area contributed by atoms with Gasteiger partial charge in [-0.1, -0.05) is 84.9 Å². The lowest BCUT2D eigenvalue weighted by atomic mass is 9.94. The molecule has 6 aromatic rings. The van der Waals surface area contributed by atoms with Crippen LogP contribution in [0.2, 0.25) is 0 Å². The number of hydrogen-bond acceptors (Lipinski definition) is 5. The first kappa shape index (κ1) is 27.9. The van der Waals surface area contributed by atoms with Crippen molar-refractivity contribution >= 4 is 22.6 Å². The fraction of sp³-hybridized carbons (Fsp3) is 0.243. The number of aryl methyl sites for hydroxylation is 1. The lowest BCUT2D eigenvalue weighted by Crippen LogP contribution is -2.40. The summed E-state index contributed by atoms with van der Waals surface area (Å²) in [5, 5.41) is 5.62. The molecule has 3 aromatic heterocycles. The quantitative estimate of drug-likeness (QED) is 0.208. The fourth-order valence-electron chi connectivity index (χ4n) is 6.32. The molecule has 3 aromatic carbocycles. The Morgan fingerprint density at radius 1 is 0.864 bits per heavy atom. The molecule has 0 unspecified atom stereocenters. The van der Waals surface area contributed by atoms with Crippen LogP contribution in [0.3, 0.4) is 0 Å². The van der Waals surface area contributed by atoms with Crippen molar-refractivity contribution in [1.29, 1.82) is 0 Å². The second kappa shape index (κ2) is 12.0. The van der Waals surface area contributed by atoms with Gasteiger partial charge in [-0.25, -0.2) is 9.97 Å². The summed E-state index contributed by atoms with van der Waals surface area (Å²) in [6.07, 6.45) is 3.68. The van der Waals surface area contributed by atoms with Crippen molar-refractivity contribution in [2.75, 3.05) is 20.1 Å². The second-order valence-electron chi connectivity index (χ2n) is 11.9. The standard InChI is InChI=1S/C37H36N6O/c1-26-21-34-38-23-32-22-33(29-11-7-4-8-12-29)35(39-36(32)43(34)40-26)30-15-13-28(14-16-30)25-42-19-17-31(18-20-42)37(44)41(2)24-27-9-5-3-6-10-27/h3-16,21-23,31H,17-20,24-25H2,1-2H3. The lowest BCUT2D eigenvalue weighted by Gasteiger charge is -2.33. The predicted octanol–water partition coefficient (Wildman–Crippen LogP) is 6.79. The van der Waals surface area contributed by atoms with E-state index in [1.54, 1.807) is 0 Å². The van der Waals surface area contributed by atoms with E-state index in [-0.39, 0.29) is 11.8 Å². The molecule has 1 aliphatic rings. The first-order valence-corrected chi connectivity index (χ1v) is 15.3. The minimum atomic E-state index is 0.0953. The summed E-state index contributed by atoms with van der Waals surface area (Å²) >= 11 is 0. The highest BCUT2D eigenvalue weighted by molar-refractivity contribution is 5.90. The Balaban J connectivity index is 1.08. The molecule has 7 nitrogen and oxygen atoms in total. The van der Waals surface area contributed by atoms with Gasteiger partial charge in [-0.05, 0) is 55.6 Å². The largest absolute Gasteiger partial charge is 0.341 e. The van der Waals surface area contributed by atoms with Crippen molar-refractivity contribution in [2.45, 2.75) is 32.9 Å². The SMILES string of the molecule is Cc1cc2ncc3cc(-c4ccccc4)c(-c4ccc(CN5CCC(C(=O)N(C)Cc6ccccc6)CC5)cc4)nc3n2n1. The van der Waals surface area contributed by atoms with E-state index in [0.29, 0.717) is 6.54 Å². The molecule has 1 fully saturated rings. The summed E-state index contributed by atoms with van der Waals surface area (Å²) in [5.41, 5.74) is 9.11. The third-order valence-corrected chi connectivity index (χ3v) is 8.67.